The maximum absolute atomic E-state index is 14.9. The fourth-order valence-electron chi connectivity index (χ4n) is 10.9. The van der Waals surface area contributed by atoms with Crippen molar-refractivity contribution in [1.29, 1.82) is 0 Å². The molecule has 5 nitrogen and oxygen atoms in total. The minimum absolute atomic E-state index is 0.0520. The number of benzene rings is 5. The van der Waals surface area contributed by atoms with E-state index in [1.165, 1.54) is 83.7 Å². The standard InChI is InChI=1S/C64H67N3O2S2/c1-5-7-9-18-41-66-61(48-33-29-46(30-34-48)56-37-27-45(4)70-56)59-60(64(66)69)62(67(63(59)68)42-19-10-8-6-2)49-35-31-47(32-36-49)57-38-39-58(71-57)51-28-26-44(3)50(43-51)21-13-11-12-20-40-65-54-24-16-14-22-52(54)53-23-15-17-25-55(53)65/h14-17,22-39,43H,5-13,18-21,40-42H2,1-4H3. The molecule has 2 amide bonds. The molecule has 0 radical (unpaired) electrons. The Bertz CT molecular complexity index is 3200. The number of unbranched alkanes of at least 4 members (excludes halogenated alkanes) is 9. The van der Waals surface area contributed by atoms with E-state index in [1.54, 1.807) is 11.3 Å². The van der Waals surface area contributed by atoms with Gasteiger partial charge in [0.2, 0.25) is 0 Å². The van der Waals surface area contributed by atoms with Gasteiger partial charge in [-0.3, -0.25) is 9.59 Å². The summed E-state index contributed by atoms with van der Waals surface area (Å²) in [6.45, 7) is 11.0. The van der Waals surface area contributed by atoms with Crippen LogP contribution in [0.15, 0.2) is 151 Å². The zero-order chi connectivity index (χ0) is 48.8. The summed E-state index contributed by atoms with van der Waals surface area (Å²) in [6, 6.07) is 50.5. The summed E-state index contributed by atoms with van der Waals surface area (Å²) in [4.78, 5) is 38.6. The van der Waals surface area contributed by atoms with E-state index in [9.17, 15) is 9.59 Å². The van der Waals surface area contributed by atoms with Crippen LogP contribution >= 0.6 is 22.7 Å². The minimum atomic E-state index is -0.0520. The average Bonchev–Trinajstić information content (AvgIpc) is 4.24. The molecule has 0 fully saturated rings. The molecule has 7 heteroatoms. The second-order valence-electron chi connectivity index (χ2n) is 19.7. The van der Waals surface area contributed by atoms with Gasteiger partial charge < -0.3 is 14.4 Å². The molecule has 3 aromatic heterocycles. The van der Waals surface area contributed by atoms with Gasteiger partial charge in [-0.2, -0.15) is 0 Å². The smallest absolute Gasteiger partial charge is 0.261 e. The van der Waals surface area contributed by atoms with E-state index in [0.29, 0.717) is 24.2 Å². The number of fused-ring (bicyclic) bond motifs is 4. The van der Waals surface area contributed by atoms with Gasteiger partial charge in [0.1, 0.15) is 0 Å². The molecule has 5 heterocycles. The number of hydrogen-bond acceptors (Lipinski definition) is 4. The van der Waals surface area contributed by atoms with Crippen molar-refractivity contribution in [2.75, 3.05) is 13.1 Å². The van der Waals surface area contributed by atoms with E-state index in [-0.39, 0.29) is 11.8 Å². The van der Waals surface area contributed by atoms with Gasteiger partial charge in [-0.05, 0) is 121 Å². The summed E-state index contributed by atoms with van der Waals surface area (Å²) in [5, 5.41) is 2.70. The maximum Gasteiger partial charge on any atom is 0.261 e. The van der Waals surface area contributed by atoms with Crippen molar-refractivity contribution in [1.82, 2.24) is 14.4 Å². The van der Waals surface area contributed by atoms with Crippen molar-refractivity contribution < 1.29 is 9.59 Å². The zero-order valence-corrected chi connectivity index (χ0v) is 43.7. The van der Waals surface area contributed by atoms with Crippen LogP contribution in [0.1, 0.15) is 118 Å². The van der Waals surface area contributed by atoms with Crippen LogP contribution in [-0.4, -0.2) is 39.3 Å². The average molecular weight is 974 g/mol. The first-order valence-corrected chi connectivity index (χ1v) is 28.0. The van der Waals surface area contributed by atoms with Crippen molar-refractivity contribution in [3.8, 4) is 31.3 Å². The predicted molar refractivity (Wildman–Crippen MR) is 302 cm³/mol. The Morgan fingerprint density at radius 1 is 0.423 bits per heavy atom. The minimum Gasteiger partial charge on any atom is -0.340 e. The highest BCUT2D eigenvalue weighted by Gasteiger charge is 2.48. The number of amides is 2. The number of carbonyl (C=O) groups excluding carboxylic acids is 2. The normalized spacial score (nSPS) is 13.9. The summed E-state index contributed by atoms with van der Waals surface area (Å²) in [5.41, 5.74) is 13.5. The van der Waals surface area contributed by atoms with E-state index in [4.69, 9.17) is 0 Å². The number of nitrogens with zero attached hydrogens (tertiary/aromatic N) is 3. The number of carbonyl (C=O) groups is 2. The van der Waals surface area contributed by atoms with E-state index < -0.39 is 0 Å². The number of aromatic nitrogens is 1. The van der Waals surface area contributed by atoms with Crippen molar-refractivity contribution in [2.24, 2.45) is 0 Å². The quantitative estimate of drug-likeness (QED) is 0.0635. The van der Waals surface area contributed by atoms with Crippen molar-refractivity contribution in [3.05, 3.63) is 178 Å². The lowest BCUT2D eigenvalue weighted by atomic mass is 9.98. The SMILES string of the molecule is CCCCCCN1C(=O)C2=C(c3ccc(-c4ccc(-c5ccc(C)c(CCCCCCn6c7ccccc7c7ccccc76)c5)s4)cc3)N(CCCCCC)C(=O)C2=C1c1ccc(-c2ccc(C)s2)cc1. The van der Waals surface area contributed by atoms with Gasteiger partial charge in [0.25, 0.3) is 11.8 Å². The van der Waals surface area contributed by atoms with Crippen LogP contribution in [0.2, 0.25) is 0 Å². The van der Waals surface area contributed by atoms with Gasteiger partial charge in [0.05, 0.1) is 22.5 Å². The van der Waals surface area contributed by atoms with Gasteiger partial charge >= 0.3 is 0 Å². The molecule has 0 spiro atoms. The molecule has 0 atom stereocenters. The first kappa shape index (κ1) is 48.4. The summed E-state index contributed by atoms with van der Waals surface area (Å²) in [7, 11) is 0. The second-order valence-corrected chi connectivity index (χ2v) is 22.1. The van der Waals surface area contributed by atoms with Gasteiger partial charge in [-0.1, -0.05) is 168 Å². The summed E-state index contributed by atoms with van der Waals surface area (Å²) in [5.74, 6) is -0.104. The Morgan fingerprint density at radius 3 is 1.41 bits per heavy atom. The third-order valence-electron chi connectivity index (χ3n) is 14.8. The Balaban J connectivity index is 0.864. The largest absolute Gasteiger partial charge is 0.340 e. The molecule has 2 aliphatic heterocycles. The molecule has 0 saturated carbocycles. The number of rotatable bonds is 22. The molecule has 0 bridgehead atoms. The summed E-state index contributed by atoms with van der Waals surface area (Å²) in [6.07, 6.45) is 14.3. The van der Waals surface area contributed by atoms with Crippen LogP contribution < -0.4 is 0 Å². The van der Waals surface area contributed by atoms with Crippen LogP contribution in [0.5, 0.6) is 0 Å². The van der Waals surface area contributed by atoms with Crippen LogP contribution in [0, 0.1) is 13.8 Å². The number of para-hydroxylation sites is 2. The van der Waals surface area contributed by atoms with E-state index >= 15 is 0 Å². The highest BCUT2D eigenvalue weighted by Crippen LogP contribution is 2.48. The van der Waals surface area contributed by atoms with Crippen LogP contribution in [0.4, 0.5) is 0 Å². The number of aryl methyl sites for hydroxylation is 4. The third kappa shape index (κ3) is 10.0. The van der Waals surface area contributed by atoms with Gasteiger partial charge in [0, 0.05) is 60.9 Å². The third-order valence-corrected chi connectivity index (χ3v) is 17.0. The molecule has 0 N–H and O–H groups in total. The Labute approximate surface area is 429 Å². The molecule has 0 saturated heterocycles. The predicted octanol–water partition coefficient (Wildman–Crippen LogP) is 17.3. The molecule has 71 heavy (non-hydrogen) atoms. The van der Waals surface area contributed by atoms with E-state index in [2.05, 4.69) is 172 Å². The van der Waals surface area contributed by atoms with Gasteiger partial charge in [-0.25, -0.2) is 0 Å². The first-order chi connectivity index (χ1) is 34.8. The topological polar surface area (TPSA) is 45.6 Å². The highest BCUT2D eigenvalue weighted by molar-refractivity contribution is 7.18. The number of thiophene rings is 2. The molecule has 2 aliphatic rings. The molecule has 8 aromatic rings. The van der Waals surface area contributed by atoms with E-state index in [1.807, 2.05) is 21.1 Å². The van der Waals surface area contributed by atoms with Crippen LogP contribution in [0.25, 0.3) is 64.5 Å². The van der Waals surface area contributed by atoms with Gasteiger partial charge in [-0.15, -0.1) is 22.7 Å². The van der Waals surface area contributed by atoms with Gasteiger partial charge in [0.15, 0.2) is 0 Å². The Kier molecular flexibility index (Phi) is 15.0. The molecule has 362 valence electrons. The van der Waals surface area contributed by atoms with Crippen molar-refractivity contribution >= 4 is 67.7 Å². The lowest BCUT2D eigenvalue weighted by Gasteiger charge is -2.25. The van der Waals surface area contributed by atoms with Crippen molar-refractivity contribution in [2.45, 2.75) is 118 Å². The lowest BCUT2D eigenvalue weighted by molar-refractivity contribution is -0.124. The van der Waals surface area contributed by atoms with E-state index in [0.717, 1.165) is 98.0 Å². The lowest BCUT2D eigenvalue weighted by Crippen LogP contribution is -2.31. The zero-order valence-electron chi connectivity index (χ0n) is 42.1. The van der Waals surface area contributed by atoms with Crippen LogP contribution in [-0.2, 0) is 22.6 Å². The highest BCUT2D eigenvalue weighted by atomic mass is 32.1. The Hall–Kier alpha value is -6.28. The molecular formula is C64H67N3O2S2. The monoisotopic (exact) mass is 973 g/mol. The molecule has 10 rings (SSSR count). The summed E-state index contributed by atoms with van der Waals surface area (Å²) < 4.78 is 2.51. The second kappa shape index (κ2) is 22.0. The molecular weight excluding hydrogens is 907 g/mol. The first-order valence-electron chi connectivity index (χ1n) is 26.4. The maximum atomic E-state index is 14.9. The molecule has 0 aliphatic carbocycles. The molecule has 5 aromatic carbocycles. The fourth-order valence-corrected chi connectivity index (χ4v) is 12.8. The molecule has 0 unspecified atom stereocenters. The number of hydrogen-bond donors (Lipinski definition) is 0. The fraction of sp³-hybridized carbons (Fsp3) is 0.312. The van der Waals surface area contributed by atoms with Crippen LogP contribution in [0.3, 0.4) is 0 Å². The summed E-state index contributed by atoms with van der Waals surface area (Å²) >= 11 is 3.60. The Morgan fingerprint density at radius 2 is 0.873 bits per heavy atom. The van der Waals surface area contributed by atoms with Crippen molar-refractivity contribution in [3.63, 3.8) is 0 Å².